The molecule has 0 spiro atoms. The van der Waals surface area contributed by atoms with Crippen molar-refractivity contribution in [2.24, 2.45) is 0 Å². The number of hydrogen-bond donors (Lipinski definition) is 0. The number of benzene rings is 3. The second kappa shape index (κ2) is 8.31. The van der Waals surface area contributed by atoms with E-state index in [2.05, 4.69) is 6.07 Å². The maximum atomic E-state index is 12.5. The minimum atomic E-state index is -3.63. The van der Waals surface area contributed by atoms with E-state index in [0.29, 0.717) is 16.8 Å². The molecule has 0 aliphatic rings. The van der Waals surface area contributed by atoms with Gasteiger partial charge in [-0.15, -0.1) is 0 Å². The van der Waals surface area contributed by atoms with E-state index in [1.54, 1.807) is 37.1 Å². The molecule has 0 heterocycles. The quantitative estimate of drug-likeness (QED) is 0.519. The summed E-state index contributed by atoms with van der Waals surface area (Å²) in [7, 11) is -1.86. The van der Waals surface area contributed by atoms with Crippen LogP contribution in [0.1, 0.15) is 21.5 Å². The van der Waals surface area contributed by atoms with Crippen LogP contribution >= 0.6 is 11.6 Å². The van der Waals surface area contributed by atoms with E-state index in [-0.39, 0.29) is 10.5 Å². The van der Waals surface area contributed by atoms with Crippen LogP contribution in [0.3, 0.4) is 0 Å². The standard InChI is InChI=1S/C23H19ClN2O3S/c1-15-12-21(22(30(3,28)29)13-19(15)23(24)27)26(2)20-7-5-4-6-18(20)17-10-8-16(14-25)9-11-17/h4-13H,1-3H3. The van der Waals surface area contributed by atoms with Crippen molar-refractivity contribution in [3.05, 3.63) is 77.4 Å². The number of anilines is 2. The summed E-state index contributed by atoms with van der Waals surface area (Å²) < 4.78 is 25.0. The first-order valence-corrected chi connectivity index (χ1v) is 11.3. The SMILES string of the molecule is Cc1cc(N(C)c2ccccc2-c2ccc(C#N)cc2)c(S(C)(=O)=O)cc1C(=O)Cl. The summed E-state index contributed by atoms with van der Waals surface area (Å²) in [5.41, 5.74) is 4.28. The summed E-state index contributed by atoms with van der Waals surface area (Å²) >= 11 is 5.64. The minimum absolute atomic E-state index is 0.0224. The Bertz CT molecular complexity index is 1280. The molecule has 0 atom stereocenters. The Morgan fingerprint density at radius 2 is 1.67 bits per heavy atom. The molecule has 0 aliphatic carbocycles. The Balaban J connectivity index is 2.21. The van der Waals surface area contributed by atoms with Gasteiger partial charge in [0.25, 0.3) is 5.24 Å². The Morgan fingerprint density at radius 3 is 2.23 bits per heavy atom. The molecule has 0 bridgehead atoms. The van der Waals surface area contributed by atoms with Crippen LogP contribution in [0, 0.1) is 18.3 Å². The number of halogens is 1. The zero-order valence-electron chi connectivity index (χ0n) is 16.7. The maximum absolute atomic E-state index is 12.5. The molecule has 0 N–H and O–H groups in total. The second-order valence-electron chi connectivity index (χ2n) is 6.95. The summed E-state index contributed by atoms with van der Waals surface area (Å²) in [6, 6.07) is 19.8. The highest BCUT2D eigenvalue weighted by atomic mass is 35.5. The molecule has 0 fully saturated rings. The molecule has 152 valence electrons. The third kappa shape index (κ3) is 4.23. The molecule has 0 radical (unpaired) electrons. The molecule has 0 aromatic heterocycles. The van der Waals surface area contributed by atoms with Gasteiger partial charge in [0.05, 0.1) is 22.2 Å². The van der Waals surface area contributed by atoms with E-state index in [4.69, 9.17) is 16.9 Å². The molecule has 0 saturated carbocycles. The number of aryl methyl sites for hydroxylation is 1. The normalized spacial score (nSPS) is 11.0. The Hall–Kier alpha value is -3.14. The molecule has 0 saturated heterocycles. The molecule has 3 rings (SSSR count). The van der Waals surface area contributed by atoms with Gasteiger partial charge in [0, 0.05) is 30.1 Å². The number of carbonyl (C=O) groups is 1. The van der Waals surface area contributed by atoms with Crippen molar-refractivity contribution >= 4 is 38.1 Å². The lowest BCUT2D eigenvalue weighted by Gasteiger charge is -2.26. The third-order valence-corrected chi connectivity index (χ3v) is 6.20. The second-order valence-corrected chi connectivity index (χ2v) is 9.27. The molecule has 3 aromatic rings. The lowest BCUT2D eigenvalue weighted by atomic mass is 10.0. The van der Waals surface area contributed by atoms with Crippen LogP contribution in [0.4, 0.5) is 11.4 Å². The molecule has 3 aromatic carbocycles. The molecular weight excluding hydrogens is 420 g/mol. The summed E-state index contributed by atoms with van der Waals surface area (Å²) in [4.78, 5) is 13.5. The maximum Gasteiger partial charge on any atom is 0.252 e. The molecule has 7 heteroatoms. The summed E-state index contributed by atoms with van der Waals surface area (Å²) in [5.74, 6) is 0. The average Bonchev–Trinajstić information content (AvgIpc) is 2.72. The molecule has 5 nitrogen and oxygen atoms in total. The van der Waals surface area contributed by atoms with E-state index in [1.165, 1.54) is 6.07 Å². The zero-order chi connectivity index (χ0) is 22.1. The van der Waals surface area contributed by atoms with Crippen LogP contribution in [0.5, 0.6) is 0 Å². The van der Waals surface area contributed by atoms with Crippen molar-refractivity contribution in [1.82, 2.24) is 0 Å². The monoisotopic (exact) mass is 438 g/mol. The number of carbonyl (C=O) groups excluding carboxylic acids is 1. The predicted octanol–water partition coefficient (Wildman–Crippen LogP) is 5.08. The number of para-hydroxylation sites is 1. The minimum Gasteiger partial charge on any atom is -0.343 e. The number of nitrogens with zero attached hydrogens (tertiary/aromatic N) is 2. The van der Waals surface area contributed by atoms with Crippen molar-refractivity contribution < 1.29 is 13.2 Å². The van der Waals surface area contributed by atoms with Gasteiger partial charge in [0.15, 0.2) is 9.84 Å². The van der Waals surface area contributed by atoms with Gasteiger partial charge >= 0.3 is 0 Å². The van der Waals surface area contributed by atoms with Gasteiger partial charge in [0.1, 0.15) is 0 Å². The summed E-state index contributed by atoms with van der Waals surface area (Å²) in [6.07, 6.45) is 1.10. The largest absolute Gasteiger partial charge is 0.343 e. The third-order valence-electron chi connectivity index (χ3n) is 4.87. The lowest BCUT2D eigenvalue weighted by molar-refractivity contribution is 0.108. The highest BCUT2D eigenvalue weighted by Crippen LogP contribution is 2.38. The van der Waals surface area contributed by atoms with Crippen molar-refractivity contribution in [2.75, 3.05) is 18.2 Å². The van der Waals surface area contributed by atoms with Gasteiger partial charge in [-0.1, -0.05) is 30.3 Å². The van der Waals surface area contributed by atoms with Gasteiger partial charge in [-0.25, -0.2) is 8.42 Å². The summed E-state index contributed by atoms with van der Waals surface area (Å²) in [6.45, 7) is 1.71. The Kier molecular flexibility index (Phi) is 5.97. The van der Waals surface area contributed by atoms with Crippen molar-refractivity contribution in [1.29, 1.82) is 5.26 Å². The molecule has 30 heavy (non-hydrogen) atoms. The van der Waals surface area contributed by atoms with E-state index >= 15 is 0 Å². The Morgan fingerprint density at radius 1 is 1.03 bits per heavy atom. The number of rotatable bonds is 5. The fourth-order valence-corrected chi connectivity index (χ4v) is 4.42. The Labute approximate surface area is 181 Å². The molecule has 0 unspecified atom stereocenters. The van der Waals surface area contributed by atoms with Crippen LogP contribution in [0.25, 0.3) is 11.1 Å². The first-order chi connectivity index (χ1) is 14.1. The predicted molar refractivity (Wildman–Crippen MR) is 119 cm³/mol. The van der Waals surface area contributed by atoms with E-state index in [9.17, 15) is 13.2 Å². The first kappa shape index (κ1) is 21.6. The van der Waals surface area contributed by atoms with E-state index in [0.717, 1.165) is 23.1 Å². The fourth-order valence-electron chi connectivity index (χ4n) is 3.31. The van der Waals surface area contributed by atoms with Gasteiger partial charge in [-0.3, -0.25) is 4.79 Å². The van der Waals surface area contributed by atoms with Crippen molar-refractivity contribution in [2.45, 2.75) is 11.8 Å². The number of sulfone groups is 1. The average molecular weight is 439 g/mol. The van der Waals surface area contributed by atoms with Crippen molar-refractivity contribution in [3.8, 4) is 17.2 Å². The highest BCUT2D eigenvalue weighted by molar-refractivity contribution is 7.90. The van der Waals surface area contributed by atoms with Gasteiger partial charge in [-0.2, -0.15) is 5.26 Å². The molecule has 0 amide bonds. The van der Waals surface area contributed by atoms with Gasteiger partial charge in [0.2, 0.25) is 0 Å². The van der Waals surface area contributed by atoms with Crippen molar-refractivity contribution in [3.63, 3.8) is 0 Å². The van der Waals surface area contributed by atoms with Crippen LogP contribution in [-0.4, -0.2) is 27.0 Å². The number of hydrogen-bond acceptors (Lipinski definition) is 5. The first-order valence-electron chi connectivity index (χ1n) is 9.01. The van der Waals surface area contributed by atoms with Gasteiger partial charge < -0.3 is 4.90 Å². The van der Waals surface area contributed by atoms with E-state index in [1.807, 2.05) is 36.4 Å². The summed E-state index contributed by atoms with van der Waals surface area (Å²) in [5, 5.41) is 8.33. The van der Waals surface area contributed by atoms with Crippen LogP contribution in [0.15, 0.2) is 65.6 Å². The molecule has 0 aliphatic heterocycles. The van der Waals surface area contributed by atoms with Crippen LogP contribution < -0.4 is 4.90 Å². The smallest absolute Gasteiger partial charge is 0.252 e. The number of nitriles is 1. The van der Waals surface area contributed by atoms with E-state index < -0.39 is 15.1 Å². The van der Waals surface area contributed by atoms with Crippen LogP contribution in [-0.2, 0) is 9.84 Å². The van der Waals surface area contributed by atoms with Crippen LogP contribution in [0.2, 0.25) is 0 Å². The topological polar surface area (TPSA) is 78.2 Å². The fraction of sp³-hybridized carbons (Fsp3) is 0.130. The lowest BCUT2D eigenvalue weighted by Crippen LogP contribution is -2.16. The van der Waals surface area contributed by atoms with Gasteiger partial charge in [-0.05, 0) is 60.0 Å². The zero-order valence-corrected chi connectivity index (χ0v) is 18.3. The highest BCUT2D eigenvalue weighted by Gasteiger charge is 2.22. The molecular formula is C23H19ClN2O3S.